The maximum atomic E-state index is 12.8. The molecule has 0 radical (unpaired) electrons. The monoisotopic (exact) mass is 408 g/mol. The van der Waals surface area contributed by atoms with Crippen LogP contribution in [0.1, 0.15) is 5.56 Å². The van der Waals surface area contributed by atoms with Crippen molar-refractivity contribution in [3.05, 3.63) is 58.7 Å². The number of hydrogen-bond donors (Lipinski definition) is 2. The van der Waals surface area contributed by atoms with Crippen molar-refractivity contribution in [3.8, 4) is 11.5 Å². The molecule has 0 spiro atoms. The predicted octanol–water partition coefficient (Wildman–Crippen LogP) is 2.33. The minimum atomic E-state index is -0.226. The van der Waals surface area contributed by atoms with Crippen molar-refractivity contribution < 1.29 is 15.0 Å². The number of halogens is 1. The van der Waals surface area contributed by atoms with Crippen molar-refractivity contribution in [3.63, 3.8) is 0 Å². The van der Waals surface area contributed by atoms with Crippen LogP contribution in [0.3, 0.4) is 0 Å². The van der Waals surface area contributed by atoms with Gasteiger partial charge < -0.3 is 0 Å². The van der Waals surface area contributed by atoms with Crippen LogP contribution in [0.2, 0.25) is 5.02 Å². The van der Waals surface area contributed by atoms with Crippen LogP contribution >= 0.6 is 11.6 Å². The molecule has 24 heavy (non-hydrogen) atoms. The summed E-state index contributed by atoms with van der Waals surface area (Å²) >= 11 is 8.79. The van der Waals surface area contributed by atoms with Gasteiger partial charge in [0.05, 0.1) is 0 Å². The van der Waals surface area contributed by atoms with Gasteiger partial charge in [0, 0.05) is 0 Å². The third kappa shape index (κ3) is 3.04. The number of hydrogen-bond acceptors (Lipinski definition) is 4. The molecule has 0 aromatic heterocycles. The Labute approximate surface area is 151 Å². The fourth-order valence-corrected chi connectivity index (χ4v) is 3.16. The molecule has 1 amide bonds. The Morgan fingerprint density at radius 3 is 2.25 bits per heavy atom. The Morgan fingerprint density at radius 2 is 1.67 bits per heavy atom. The molecule has 1 aliphatic rings. The number of amides is 1. The van der Waals surface area contributed by atoms with Gasteiger partial charge in [-0.15, -0.1) is 0 Å². The third-order valence-electron chi connectivity index (χ3n) is 3.57. The molecular weight excluding hydrogens is 395 g/mol. The molecule has 3 rings (SSSR count). The fourth-order valence-electron chi connectivity index (χ4n) is 2.43. The van der Waals surface area contributed by atoms with E-state index in [9.17, 15) is 15.0 Å². The maximum absolute atomic E-state index is 12.8. The first-order chi connectivity index (χ1) is 11.4. The van der Waals surface area contributed by atoms with Gasteiger partial charge in [0.1, 0.15) is 0 Å². The number of carbonyl (C=O) groups is 1. The second-order valence-electron chi connectivity index (χ2n) is 5.27. The summed E-state index contributed by atoms with van der Waals surface area (Å²) in [6.45, 7) is 0. The summed E-state index contributed by atoms with van der Waals surface area (Å²) < 4.78 is 0.623. The zero-order valence-electron chi connectivity index (χ0n) is 12.6. The number of phenols is 2. The van der Waals surface area contributed by atoms with Crippen molar-refractivity contribution >= 4 is 49.5 Å². The van der Waals surface area contributed by atoms with E-state index in [1.54, 1.807) is 42.3 Å². The SMILES string of the molecule is CN1C(=[Se])N(c2ccc(Cl)cc2)C(=O)/C1=C\c1cc(O)cc(O)c1. The van der Waals surface area contributed by atoms with Gasteiger partial charge in [-0.05, 0) is 0 Å². The normalized spacial score (nSPS) is 16.3. The first kappa shape index (κ1) is 16.6. The van der Waals surface area contributed by atoms with E-state index in [2.05, 4.69) is 15.6 Å². The number of nitrogens with zero attached hydrogens (tertiary/aromatic N) is 2. The van der Waals surface area contributed by atoms with Crippen LogP contribution in [-0.2, 0) is 4.79 Å². The summed E-state index contributed by atoms with van der Waals surface area (Å²) in [5.41, 5.74) is 1.62. The predicted molar refractivity (Wildman–Crippen MR) is 95.2 cm³/mol. The van der Waals surface area contributed by atoms with Crippen molar-refractivity contribution in [2.24, 2.45) is 0 Å². The van der Waals surface area contributed by atoms with E-state index in [0.717, 1.165) is 0 Å². The van der Waals surface area contributed by atoms with Gasteiger partial charge in [-0.25, -0.2) is 0 Å². The number of phenolic OH excluding ortho intramolecular Hbond substituents is 2. The topological polar surface area (TPSA) is 64.0 Å². The Morgan fingerprint density at radius 1 is 1.08 bits per heavy atom. The molecule has 0 saturated carbocycles. The van der Waals surface area contributed by atoms with Crippen LogP contribution < -0.4 is 4.90 Å². The molecule has 0 aliphatic carbocycles. The van der Waals surface area contributed by atoms with Crippen LogP contribution in [0.15, 0.2) is 48.2 Å². The number of aromatic hydroxyl groups is 2. The quantitative estimate of drug-likeness (QED) is 0.592. The van der Waals surface area contributed by atoms with Crippen molar-refractivity contribution in [2.45, 2.75) is 0 Å². The molecular formula is C17H13ClN2O3Se. The van der Waals surface area contributed by atoms with E-state index in [1.807, 2.05) is 0 Å². The summed E-state index contributed by atoms with van der Waals surface area (Å²) in [4.78, 5) is 16.0. The van der Waals surface area contributed by atoms with Crippen molar-refractivity contribution in [1.82, 2.24) is 4.90 Å². The van der Waals surface area contributed by atoms with Crippen LogP contribution in [-0.4, -0.2) is 48.3 Å². The first-order valence-electron chi connectivity index (χ1n) is 6.99. The van der Waals surface area contributed by atoms with Gasteiger partial charge in [-0.1, -0.05) is 0 Å². The summed E-state index contributed by atoms with van der Waals surface area (Å²) in [5, 5.41) is 19.8. The van der Waals surface area contributed by atoms with E-state index in [0.29, 0.717) is 26.6 Å². The number of carbonyl (C=O) groups excluding carboxylic acids is 1. The third-order valence-corrected chi connectivity index (χ3v) is 4.78. The van der Waals surface area contributed by atoms with Gasteiger partial charge >= 0.3 is 152 Å². The molecule has 0 bridgehead atoms. The average molecular weight is 408 g/mol. The Balaban J connectivity index is 2.01. The molecule has 5 nitrogen and oxygen atoms in total. The average Bonchev–Trinajstić information content (AvgIpc) is 2.71. The zero-order valence-corrected chi connectivity index (χ0v) is 15.1. The summed E-state index contributed by atoms with van der Waals surface area (Å²) in [7, 11) is 1.76. The Kier molecular flexibility index (Phi) is 4.37. The molecule has 2 aromatic carbocycles. The molecule has 0 atom stereocenters. The van der Waals surface area contributed by atoms with E-state index >= 15 is 0 Å². The molecule has 0 unspecified atom stereocenters. The number of anilines is 1. The summed E-state index contributed by atoms with van der Waals surface area (Å²) in [5.74, 6) is -0.370. The second kappa shape index (κ2) is 6.32. The molecule has 7 heteroatoms. The zero-order chi connectivity index (χ0) is 17.4. The molecule has 2 aromatic rings. The standard InChI is InChI=1S/C17H13ClN2O3Se/c1-19-15(8-10-6-13(21)9-14(22)7-10)16(23)20(17(19)24)12-4-2-11(18)3-5-12/h2-9,21-22H,1H3/b15-8+. The molecule has 2 N–H and O–H groups in total. The van der Waals surface area contributed by atoms with Crippen LogP contribution in [0.5, 0.6) is 11.5 Å². The summed E-state index contributed by atoms with van der Waals surface area (Å²) in [6, 6.07) is 11.1. The molecule has 1 fully saturated rings. The number of benzene rings is 2. The van der Waals surface area contributed by atoms with E-state index in [-0.39, 0.29) is 17.4 Å². The molecule has 122 valence electrons. The van der Waals surface area contributed by atoms with E-state index in [1.165, 1.54) is 23.1 Å². The van der Waals surface area contributed by atoms with Crippen LogP contribution in [0.25, 0.3) is 6.08 Å². The number of likely N-dealkylation sites (N-methyl/N-ethyl adjacent to an activating group) is 1. The van der Waals surface area contributed by atoms with Gasteiger partial charge in [0.2, 0.25) is 0 Å². The van der Waals surface area contributed by atoms with Crippen LogP contribution in [0.4, 0.5) is 5.69 Å². The van der Waals surface area contributed by atoms with E-state index < -0.39 is 0 Å². The second-order valence-corrected chi connectivity index (χ2v) is 6.47. The van der Waals surface area contributed by atoms with Crippen molar-refractivity contribution in [1.29, 1.82) is 0 Å². The Hall–Kier alpha value is -2.27. The summed E-state index contributed by atoms with van der Waals surface area (Å²) in [6.07, 6.45) is 1.61. The molecule has 1 saturated heterocycles. The first-order valence-corrected chi connectivity index (χ1v) is 8.22. The van der Waals surface area contributed by atoms with Gasteiger partial charge in [-0.3, -0.25) is 0 Å². The van der Waals surface area contributed by atoms with Gasteiger partial charge in [0.15, 0.2) is 0 Å². The number of rotatable bonds is 2. The van der Waals surface area contributed by atoms with Crippen LogP contribution in [0, 0.1) is 0 Å². The van der Waals surface area contributed by atoms with Crippen molar-refractivity contribution in [2.75, 3.05) is 11.9 Å². The fraction of sp³-hybridized carbons (Fsp3) is 0.0588. The van der Waals surface area contributed by atoms with E-state index in [4.69, 9.17) is 11.6 Å². The molecule has 1 aliphatic heterocycles. The van der Waals surface area contributed by atoms with Gasteiger partial charge in [0.25, 0.3) is 0 Å². The van der Waals surface area contributed by atoms with Gasteiger partial charge in [-0.2, -0.15) is 0 Å². The Bertz CT molecular complexity index is 844. The molecule has 1 heterocycles. The minimum absolute atomic E-state index is 0.0724.